The Labute approximate surface area is 134 Å². The molecule has 23 heavy (non-hydrogen) atoms. The van der Waals surface area contributed by atoms with E-state index >= 15 is 0 Å². The van der Waals surface area contributed by atoms with Crippen molar-refractivity contribution in [3.63, 3.8) is 0 Å². The first-order chi connectivity index (χ1) is 11.0. The fourth-order valence-electron chi connectivity index (χ4n) is 2.22. The predicted octanol–water partition coefficient (Wildman–Crippen LogP) is 2.66. The fraction of sp³-hybridized carbons (Fsp3) is 0.294. The van der Waals surface area contributed by atoms with Gasteiger partial charge >= 0.3 is 5.97 Å². The number of rotatable bonds is 5. The lowest BCUT2D eigenvalue weighted by Crippen LogP contribution is -2.26. The number of ether oxygens (including phenoxy) is 2. The van der Waals surface area contributed by atoms with Gasteiger partial charge in [-0.15, -0.1) is 0 Å². The number of esters is 1. The number of hydrogen-bond acceptors (Lipinski definition) is 5. The molecular formula is C17H19NO5. The van der Waals surface area contributed by atoms with Crippen molar-refractivity contribution in [2.75, 3.05) is 21.3 Å². The molecule has 1 aromatic carbocycles. The number of methoxy groups -OCH3 is 2. The van der Waals surface area contributed by atoms with Crippen LogP contribution in [0.1, 0.15) is 32.2 Å². The standard InChI is InChI=1S/C17H19NO5/c1-11-15(17(20)22-4)9-14(23-11)10-18(2)16(19)12-6-5-7-13(8-12)21-3/h5-9H,10H2,1-4H3. The van der Waals surface area contributed by atoms with Crippen molar-refractivity contribution in [3.8, 4) is 5.75 Å². The Morgan fingerprint density at radius 1 is 1.22 bits per heavy atom. The van der Waals surface area contributed by atoms with E-state index in [4.69, 9.17) is 9.15 Å². The molecule has 0 bridgehead atoms. The van der Waals surface area contributed by atoms with Gasteiger partial charge in [-0.05, 0) is 31.2 Å². The largest absolute Gasteiger partial charge is 0.497 e. The van der Waals surface area contributed by atoms with Crippen LogP contribution < -0.4 is 4.74 Å². The van der Waals surface area contributed by atoms with Gasteiger partial charge in [0.2, 0.25) is 0 Å². The van der Waals surface area contributed by atoms with Gasteiger partial charge in [0.1, 0.15) is 22.8 Å². The van der Waals surface area contributed by atoms with E-state index in [1.54, 1.807) is 51.4 Å². The highest BCUT2D eigenvalue weighted by atomic mass is 16.5. The molecule has 0 spiro atoms. The molecule has 0 saturated carbocycles. The minimum Gasteiger partial charge on any atom is -0.497 e. The van der Waals surface area contributed by atoms with Crippen LogP contribution in [0.15, 0.2) is 34.7 Å². The molecule has 0 aliphatic heterocycles. The topological polar surface area (TPSA) is 69.0 Å². The molecule has 0 aliphatic carbocycles. The van der Waals surface area contributed by atoms with Gasteiger partial charge in [-0.3, -0.25) is 4.79 Å². The maximum Gasteiger partial charge on any atom is 0.341 e. The maximum atomic E-state index is 12.4. The summed E-state index contributed by atoms with van der Waals surface area (Å²) in [4.78, 5) is 25.5. The number of furan rings is 1. The highest BCUT2D eigenvalue weighted by Crippen LogP contribution is 2.19. The second kappa shape index (κ2) is 7.00. The third-order valence-electron chi connectivity index (χ3n) is 3.43. The minimum absolute atomic E-state index is 0.169. The zero-order chi connectivity index (χ0) is 17.0. The molecule has 6 nitrogen and oxygen atoms in total. The van der Waals surface area contributed by atoms with Gasteiger partial charge in [0.15, 0.2) is 0 Å². The highest BCUT2D eigenvalue weighted by molar-refractivity contribution is 5.94. The lowest BCUT2D eigenvalue weighted by atomic mass is 10.2. The second-order valence-corrected chi connectivity index (χ2v) is 5.07. The molecule has 2 aromatic rings. The highest BCUT2D eigenvalue weighted by Gasteiger charge is 2.18. The van der Waals surface area contributed by atoms with Crippen LogP contribution in [0.5, 0.6) is 5.75 Å². The number of carbonyl (C=O) groups is 2. The molecule has 2 rings (SSSR count). The zero-order valence-corrected chi connectivity index (χ0v) is 13.6. The van der Waals surface area contributed by atoms with Crippen LogP contribution in [-0.2, 0) is 11.3 Å². The molecular weight excluding hydrogens is 298 g/mol. The van der Waals surface area contributed by atoms with Crippen LogP contribution in [-0.4, -0.2) is 38.0 Å². The maximum absolute atomic E-state index is 12.4. The molecule has 6 heteroatoms. The molecule has 0 atom stereocenters. The summed E-state index contributed by atoms with van der Waals surface area (Å²) >= 11 is 0. The molecule has 1 heterocycles. The number of aryl methyl sites for hydroxylation is 1. The Morgan fingerprint density at radius 2 is 1.96 bits per heavy atom. The third kappa shape index (κ3) is 3.71. The summed E-state index contributed by atoms with van der Waals surface area (Å²) < 4.78 is 15.3. The van der Waals surface area contributed by atoms with Crippen LogP contribution in [0.3, 0.4) is 0 Å². The zero-order valence-electron chi connectivity index (χ0n) is 13.6. The Bertz CT molecular complexity index is 720. The van der Waals surface area contributed by atoms with Crippen molar-refractivity contribution in [2.45, 2.75) is 13.5 Å². The van der Waals surface area contributed by atoms with E-state index in [0.717, 1.165) is 0 Å². The summed E-state index contributed by atoms with van der Waals surface area (Å²) in [6.45, 7) is 1.92. The first kappa shape index (κ1) is 16.6. The number of nitrogens with zero attached hydrogens (tertiary/aromatic N) is 1. The van der Waals surface area contributed by atoms with Gasteiger partial charge in [-0.25, -0.2) is 4.79 Å². The summed E-state index contributed by atoms with van der Waals surface area (Å²) in [7, 11) is 4.53. The SMILES string of the molecule is COC(=O)c1cc(CN(C)C(=O)c2cccc(OC)c2)oc1C. The fourth-order valence-corrected chi connectivity index (χ4v) is 2.22. The lowest BCUT2D eigenvalue weighted by Gasteiger charge is -2.16. The molecule has 122 valence electrons. The van der Waals surface area contributed by atoms with Gasteiger partial charge in [0.05, 0.1) is 20.8 Å². The third-order valence-corrected chi connectivity index (χ3v) is 3.43. The van der Waals surface area contributed by atoms with Crippen molar-refractivity contribution in [1.29, 1.82) is 0 Å². The van der Waals surface area contributed by atoms with Crippen molar-refractivity contribution < 1.29 is 23.5 Å². The smallest absolute Gasteiger partial charge is 0.341 e. The lowest BCUT2D eigenvalue weighted by molar-refractivity contribution is 0.0598. The van der Waals surface area contributed by atoms with Gasteiger partial charge in [-0.2, -0.15) is 0 Å². The van der Waals surface area contributed by atoms with E-state index in [9.17, 15) is 9.59 Å². The molecule has 1 amide bonds. The second-order valence-electron chi connectivity index (χ2n) is 5.07. The van der Waals surface area contributed by atoms with Gasteiger partial charge in [-0.1, -0.05) is 6.07 Å². The van der Waals surface area contributed by atoms with Gasteiger partial charge in [0.25, 0.3) is 5.91 Å². The molecule has 0 saturated heterocycles. The molecule has 0 aliphatic rings. The summed E-state index contributed by atoms with van der Waals surface area (Å²) in [5, 5.41) is 0. The Hall–Kier alpha value is -2.76. The van der Waals surface area contributed by atoms with Crippen LogP contribution >= 0.6 is 0 Å². The average Bonchev–Trinajstić information content (AvgIpc) is 2.93. The summed E-state index contributed by atoms with van der Waals surface area (Å²) in [5.74, 6) is 0.971. The normalized spacial score (nSPS) is 10.3. The Morgan fingerprint density at radius 3 is 2.61 bits per heavy atom. The molecule has 0 fully saturated rings. The van der Waals surface area contributed by atoms with Gasteiger partial charge in [0, 0.05) is 12.6 Å². The van der Waals surface area contributed by atoms with Crippen LogP contribution in [0, 0.1) is 6.92 Å². The predicted molar refractivity (Wildman–Crippen MR) is 83.6 cm³/mol. The Balaban J connectivity index is 2.13. The van der Waals surface area contributed by atoms with E-state index in [0.29, 0.717) is 28.4 Å². The molecule has 0 N–H and O–H groups in total. The van der Waals surface area contributed by atoms with E-state index < -0.39 is 5.97 Å². The number of hydrogen-bond donors (Lipinski definition) is 0. The van der Waals surface area contributed by atoms with Crippen molar-refractivity contribution in [2.24, 2.45) is 0 Å². The summed E-state index contributed by atoms with van der Waals surface area (Å²) in [6.07, 6.45) is 0. The molecule has 1 aromatic heterocycles. The van der Waals surface area contributed by atoms with Crippen LogP contribution in [0.4, 0.5) is 0 Å². The number of benzene rings is 1. The monoisotopic (exact) mass is 317 g/mol. The van der Waals surface area contributed by atoms with Crippen molar-refractivity contribution in [1.82, 2.24) is 4.90 Å². The van der Waals surface area contributed by atoms with E-state index in [1.165, 1.54) is 12.0 Å². The van der Waals surface area contributed by atoms with Crippen molar-refractivity contribution in [3.05, 3.63) is 53.0 Å². The summed E-state index contributed by atoms with van der Waals surface area (Å²) in [6, 6.07) is 8.51. The average molecular weight is 317 g/mol. The minimum atomic E-state index is -0.459. The number of carbonyl (C=O) groups excluding carboxylic acids is 2. The van der Waals surface area contributed by atoms with Gasteiger partial charge < -0.3 is 18.8 Å². The van der Waals surface area contributed by atoms with Crippen LogP contribution in [0.2, 0.25) is 0 Å². The number of amides is 1. The first-order valence-electron chi connectivity index (χ1n) is 7.03. The van der Waals surface area contributed by atoms with E-state index in [2.05, 4.69) is 4.74 Å². The Kier molecular flexibility index (Phi) is 5.05. The quantitative estimate of drug-likeness (QED) is 0.793. The van der Waals surface area contributed by atoms with Crippen LogP contribution in [0.25, 0.3) is 0 Å². The molecule has 0 radical (unpaired) electrons. The summed E-state index contributed by atoms with van der Waals surface area (Å²) in [5.41, 5.74) is 0.882. The first-order valence-corrected chi connectivity index (χ1v) is 7.03. The van der Waals surface area contributed by atoms with E-state index in [-0.39, 0.29) is 12.5 Å². The molecule has 0 unspecified atom stereocenters. The van der Waals surface area contributed by atoms with E-state index in [1.807, 2.05) is 0 Å². The van der Waals surface area contributed by atoms with Crippen molar-refractivity contribution >= 4 is 11.9 Å².